The number of nitrogens with one attached hydrogen (secondary N) is 1. The number of rotatable bonds is 9. The maximum atomic E-state index is 3.48. The van der Waals surface area contributed by atoms with E-state index in [4.69, 9.17) is 0 Å². The van der Waals surface area contributed by atoms with Gasteiger partial charge < -0.3 is 5.32 Å². The molecule has 0 saturated carbocycles. The van der Waals surface area contributed by atoms with Crippen molar-refractivity contribution in [3.8, 4) is 33.4 Å². The summed E-state index contributed by atoms with van der Waals surface area (Å²) in [4.78, 5) is 7.73. The molecule has 4 heteroatoms. The van der Waals surface area contributed by atoms with Crippen molar-refractivity contribution in [2.75, 3.05) is 52.4 Å². The first kappa shape index (κ1) is 26.6. The maximum Gasteiger partial charge on any atom is 0.0240 e. The molecule has 3 aliphatic rings. The molecule has 0 unspecified atom stereocenters. The van der Waals surface area contributed by atoms with Gasteiger partial charge in [-0.15, -0.1) is 0 Å². The fourth-order valence-electron chi connectivity index (χ4n) is 6.52. The third-order valence-electron chi connectivity index (χ3n) is 9.17. The van der Waals surface area contributed by atoms with Crippen LogP contribution in [0.1, 0.15) is 29.5 Å². The van der Waals surface area contributed by atoms with Crippen molar-refractivity contribution in [2.45, 2.75) is 32.5 Å². The summed E-state index contributed by atoms with van der Waals surface area (Å²) in [6.07, 6.45) is 2.63. The normalized spacial score (nSPS) is 18.1. The van der Waals surface area contributed by atoms with E-state index < -0.39 is 0 Å². The molecule has 4 aromatic rings. The molecule has 1 N–H and O–H groups in total. The predicted molar refractivity (Wildman–Crippen MR) is 171 cm³/mol. The van der Waals surface area contributed by atoms with E-state index in [2.05, 4.69) is 111 Å². The van der Waals surface area contributed by atoms with Gasteiger partial charge in [-0.1, -0.05) is 72.8 Å². The molecule has 0 aliphatic carbocycles. The molecule has 0 aromatic heterocycles. The van der Waals surface area contributed by atoms with Crippen LogP contribution in [0.5, 0.6) is 0 Å². The molecular weight excluding hydrogens is 500 g/mol. The van der Waals surface area contributed by atoms with E-state index in [1.54, 1.807) is 0 Å². The molecule has 3 fully saturated rings. The van der Waals surface area contributed by atoms with E-state index in [0.29, 0.717) is 0 Å². The van der Waals surface area contributed by atoms with Gasteiger partial charge in [-0.25, -0.2) is 0 Å². The summed E-state index contributed by atoms with van der Waals surface area (Å²) < 4.78 is 0. The molecule has 0 atom stereocenters. The van der Waals surface area contributed by atoms with Crippen molar-refractivity contribution in [2.24, 2.45) is 0 Å². The third kappa shape index (κ3) is 6.17. The molecular formula is C37H42N4. The lowest BCUT2D eigenvalue weighted by Gasteiger charge is -2.32. The molecule has 7 rings (SSSR count). The van der Waals surface area contributed by atoms with Crippen LogP contribution in [-0.4, -0.2) is 67.1 Å². The van der Waals surface area contributed by atoms with Crippen LogP contribution in [0.25, 0.3) is 33.4 Å². The quantitative estimate of drug-likeness (QED) is 0.260. The zero-order valence-corrected chi connectivity index (χ0v) is 24.2. The van der Waals surface area contributed by atoms with E-state index in [9.17, 15) is 0 Å². The Hall–Kier alpha value is -3.28. The number of likely N-dealkylation sites (tertiary alicyclic amines) is 2. The van der Waals surface area contributed by atoms with Crippen LogP contribution in [0.2, 0.25) is 0 Å². The molecule has 41 heavy (non-hydrogen) atoms. The fraction of sp³-hybridized carbons (Fsp3) is 0.351. The van der Waals surface area contributed by atoms with Gasteiger partial charge in [0.25, 0.3) is 0 Å². The molecule has 4 nitrogen and oxygen atoms in total. The summed E-state index contributed by atoms with van der Waals surface area (Å²) in [5.41, 5.74) is 12.3. The largest absolute Gasteiger partial charge is 0.314 e. The van der Waals surface area contributed by atoms with Crippen molar-refractivity contribution >= 4 is 0 Å². The molecule has 0 radical (unpaired) electrons. The van der Waals surface area contributed by atoms with Crippen LogP contribution < -0.4 is 5.32 Å². The van der Waals surface area contributed by atoms with Gasteiger partial charge in [0.2, 0.25) is 0 Å². The topological polar surface area (TPSA) is 21.8 Å². The standard InChI is InChI=1S/C37H42N4/c1-2-8-30(9-3-1)31-11-13-37(34(24-31)27-39-17-5-18-39)33-12-14-36(35(25-33)28-40-19-6-20-40)32-10-4-7-29(23-32)26-41-21-15-38-16-22-41/h1-4,7-14,23-25,38H,5-6,15-22,26-28H2. The number of piperazine rings is 1. The van der Waals surface area contributed by atoms with Crippen LogP contribution in [-0.2, 0) is 19.6 Å². The lowest BCUT2D eigenvalue weighted by molar-refractivity contribution is 0.172. The van der Waals surface area contributed by atoms with Crippen LogP contribution in [0.15, 0.2) is 91.0 Å². The van der Waals surface area contributed by atoms with Crippen molar-refractivity contribution in [1.29, 1.82) is 0 Å². The lowest BCUT2D eigenvalue weighted by Crippen LogP contribution is -2.42. The molecule has 0 amide bonds. The number of benzene rings is 4. The Labute approximate surface area is 245 Å². The Morgan fingerprint density at radius 3 is 1.66 bits per heavy atom. The van der Waals surface area contributed by atoms with Crippen molar-refractivity contribution in [3.63, 3.8) is 0 Å². The van der Waals surface area contributed by atoms with Gasteiger partial charge in [-0.3, -0.25) is 14.7 Å². The number of hydrogen-bond donors (Lipinski definition) is 1. The van der Waals surface area contributed by atoms with Crippen LogP contribution >= 0.6 is 0 Å². The second-order valence-electron chi connectivity index (χ2n) is 12.1. The average Bonchev–Trinajstić information content (AvgIpc) is 2.98. The van der Waals surface area contributed by atoms with E-state index >= 15 is 0 Å². The summed E-state index contributed by atoms with van der Waals surface area (Å²) >= 11 is 0. The van der Waals surface area contributed by atoms with Gasteiger partial charge in [0.1, 0.15) is 0 Å². The van der Waals surface area contributed by atoms with E-state index in [1.165, 1.54) is 89.1 Å². The molecule has 3 aliphatic heterocycles. The van der Waals surface area contributed by atoms with Crippen LogP contribution in [0.3, 0.4) is 0 Å². The van der Waals surface area contributed by atoms with Gasteiger partial charge >= 0.3 is 0 Å². The zero-order valence-electron chi connectivity index (χ0n) is 24.2. The summed E-state index contributed by atoms with van der Waals surface area (Å²) in [6, 6.07) is 34.5. The summed E-state index contributed by atoms with van der Waals surface area (Å²) in [7, 11) is 0. The molecule has 3 saturated heterocycles. The Morgan fingerprint density at radius 1 is 0.463 bits per heavy atom. The van der Waals surface area contributed by atoms with Crippen LogP contribution in [0.4, 0.5) is 0 Å². The summed E-state index contributed by atoms with van der Waals surface area (Å²) in [6.45, 7) is 12.3. The number of nitrogens with zero attached hydrogens (tertiary/aromatic N) is 3. The van der Waals surface area contributed by atoms with Crippen molar-refractivity contribution in [3.05, 3.63) is 108 Å². The Morgan fingerprint density at radius 2 is 1.02 bits per heavy atom. The highest BCUT2D eigenvalue weighted by atomic mass is 15.2. The zero-order chi connectivity index (χ0) is 27.4. The smallest absolute Gasteiger partial charge is 0.0240 e. The minimum atomic E-state index is 1.02. The first-order chi connectivity index (χ1) is 20.3. The van der Waals surface area contributed by atoms with Gasteiger partial charge in [0.15, 0.2) is 0 Å². The van der Waals surface area contributed by atoms with E-state index in [-0.39, 0.29) is 0 Å². The fourth-order valence-corrected chi connectivity index (χ4v) is 6.52. The van der Waals surface area contributed by atoms with Gasteiger partial charge in [0, 0.05) is 45.8 Å². The highest BCUT2D eigenvalue weighted by Crippen LogP contribution is 2.35. The molecule has 4 aromatic carbocycles. The second-order valence-corrected chi connectivity index (χ2v) is 12.1. The maximum absolute atomic E-state index is 3.48. The lowest BCUT2D eigenvalue weighted by atomic mass is 9.90. The van der Waals surface area contributed by atoms with Gasteiger partial charge in [-0.05, 0) is 107 Å². The molecule has 210 valence electrons. The van der Waals surface area contributed by atoms with Crippen molar-refractivity contribution < 1.29 is 0 Å². The van der Waals surface area contributed by atoms with E-state index in [1.807, 2.05) is 0 Å². The highest BCUT2D eigenvalue weighted by Gasteiger charge is 2.20. The summed E-state index contributed by atoms with van der Waals surface area (Å²) in [5.74, 6) is 0. The molecule has 0 bridgehead atoms. The van der Waals surface area contributed by atoms with Crippen LogP contribution in [0, 0.1) is 0 Å². The number of hydrogen-bond acceptors (Lipinski definition) is 4. The van der Waals surface area contributed by atoms with E-state index in [0.717, 1.165) is 45.8 Å². The Bertz CT molecular complexity index is 1470. The SMILES string of the molecule is c1ccc(-c2ccc(-c3ccc(-c4cccc(CN5CCNCC5)c4)c(CN4CCC4)c3)c(CN3CCC3)c2)cc1. The highest BCUT2D eigenvalue weighted by molar-refractivity contribution is 5.78. The average molecular weight is 543 g/mol. The Kier molecular flexibility index (Phi) is 7.98. The predicted octanol–water partition coefficient (Wildman–Crippen LogP) is 6.50. The molecule has 0 spiro atoms. The minimum absolute atomic E-state index is 1.02. The minimum Gasteiger partial charge on any atom is -0.314 e. The van der Waals surface area contributed by atoms with Gasteiger partial charge in [0.05, 0.1) is 0 Å². The first-order valence-electron chi connectivity index (χ1n) is 15.6. The second kappa shape index (κ2) is 12.3. The monoisotopic (exact) mass is 542 g/mol. The molecule has 3 heterocycles. The summed E-state index contributed by atoms with van der Waals surface area (Å²) in [5, 5.41) is 3.48. The third-order valence-corrected chi connectivity index (χ3v) is 9.17. The Balaban J connectivity index is 1.23. The first-order valence-corrected chi connectivity index (χ1v) is 15.6. The van der Waals surface area contributed by atoms with Crippen molar-refractivity contribution in [1.82, 2.24) is 20.0 Å². The van der Waals surface area contributed by atoms with Gasteiger partial charge in [-0.2, -0.15) is 0 Å².